The molecule has 1 N–H and O–H groups in total. The normalized spacial score (nSPS) is 11.1. The van der Waals surface area contributed by atoms with Crippen molar-refractivity contribution in [3.8, 4) is 11.3 Å². The van der Waals surface area contributed by atoms with Gasteiger partial charge in [0, 0.05) is 17.1 Å². The van der Waals surface area contributed by atoms with Gasteiger partial charge in [-0.1, -0.05) is 25.1 Å². The quantitative estimate of drug-likeness (QED) is 0.709. The molecule has 2 heterocycles. The van der Waals surface area contributed by atoms with E-state index in [2.05, 4.69) is 41.5 Å². The minimum Gasteiger partial charge on any atom is -0.460 e. The first-order chi connectivity index (χ1) is 9.86. The van der Waals surface area contributed by atoms with Gasteiger partial charge in [-0.3, -0.25) is 4.98 Å². The fourth-order valence-electron chi connectivity index (χ4n) is 2.24. The van der Waals surface area contributed by atoms with E-state index < -0.39 is 0 Å². The molecule has 1 aromatic carbocycles. The number of pyridine rings is 1. The molecule has 20 heavy (non-hydrogen) atoms. The maximum atomic E-state index is 5.87. The summed E-state index contributed by atoms with van der Waals surface area (Å²) in [6.45, 7) is 3.94. The molecular formula is C17H18N2O. The highest BCUT2D eigenvalue weighted by atomic mass is 16.3. The van der Waals surface area contributed by atoms with Gasteiger partial charge in [-0.15, -0.1) is 0 Å². The van der Waals surface area contributed by atoms with Crippen molar-refractivity contribution < 1.29 is 4.42 Å². The number of hydrogen-bond acceptors (Lipinski definition) is 3. The molecule has 3 nitrogen and oxygen atoms in total. The molecule has 0 aliphatic rings. The van der Waals surface area contributed by atoms with Crippen molar-refractivity contribution in [1.82, 2.24) is 10.3 Å². The third kappa shape index (κ3) is 2.73. The highest BCUT2D eigenvalue weighted by Crippen LogP contribution is 2.25. The number of furan rings is 1. The predicted molar refractivity (Wildman–Crippen MR) is 81.4 cm³/mol. The number of aromatic nitrogens is 1. The van der Waals surface area contributed by atoms with Crippen molar-refractivity contribution in [3.63, 3.8) is 0 Å². The van der Waals surface area contributed by atoms with Gasteiger partial charge in [-0.25, -0.2) is 0 Å². The van der Waals surface area contributed by atoms with Gasteiger partial charge in [0.2, 0.25) is 0 Å². The molecule has 2 aromatic heterocycles. The fraction of sp³-hybridized carbons (Fsp3) is 0.235. The number of nitrogens with one attached hydrogen (secondary N) is 1. The van der Waals surface area contributed by atoms with E-state index in [1.165, 1.54) is 0 Å². The molecule has 0 amide bonds. The van der Waals surface area contributed by atoms with Gasteiger partial charge in [-0.2, -0.15) is 0 Å². The standard InChI is InChI=1S/C17H18N2O/c1-2-9-18-12-15-7-8-17(20-15)14-6-5-13-4-3-10-19-16(13)11-14/h3-8,10-11,18H,2,9,12H2,1H3. The van der Waals surface area contributed by atoms with Crippen LogP contribution in [0.3, 0.4) is 0 Å². The van der Waals surface area contributed by atoms with E-state index >= 15 is 0 Å². The zero-order valence-electron chi connectivity index (χ0n) is 11.6. The van der Waals surface area contributed by atoms with Crippen LogP contribution in [0.5, 0.6) is 0 Å². The second-order valence-electron chi connectivity index (χ2n) is 4.85. The van der Waals surface area contributed by atoms with Gasteiger partial charge in [-0.05, 0) is 37.2 Å². The van der Waals surface area contributed by atoms with Crippen molar-refractivity contribution in [3.05, 3.63) is 54.4 Å². The zero-order chi connectivity index (χ0) is 13.8. The molecule has 3 aromatic rings. The van der Waals surface area contributed by atoms with Crippen molar-refractivity contribution in [2.45, 2.75) is 19.9 Å². The lowest BCUT2D eigenvalue weighted by Crippen LogP contribution is -2.12. The van der Waals surface area contributed by atoms with E-state index in [4.69, 9.17) is 4.42 Å². The predicted octanol–water partition coefficient (Wildman–Crippen LogP) is 3.99. The molecule has 3 heteroatoms. The van der Waals surface area contributed by atoms with Gasteiger partial charge >= 0.3 is 0 Å². The van der Waals surface area contributed by atoms with E-state index in [0.717, 1.165) is 47.5 Å². The van der Waals surface area contributed by atoms with Crippen molar-refractivity contribution in [2.75, 3.05) is 6.54 Å². The Balaban J connectivity index is 1.83. The molecule has 0 aliphatic carbocycles. The molecule has 0 radical (unpaired) electrons. The smallest absolute Gasteiger partial charge is 0.134 e. The highest BCUT2D eigenvalue weighted by Gasteiger charge is 2.05. The van der Waals surface area contributed by atoms with Gasteiger partial charge in [0.05, 0.1) is 12.1 Å². The average molecular weight is 266 g/mol. The Labute approximate surface area is 118 Å². The summed E-state index contributed by atoms with van der Waals surface area (Å²) in [5, 5.41) is 4.49. The molecule has 0 spiro atoms. The topological polar surface area (TPSA) is 38.1 Å². The SMILES string of the molecule is CCCNCc1ccc(-c2ccc3cccnc3c2)o1. The molecule has 102 valence electrons. The Morgan fingerprint density at radius 2 is 2.10 bits per heavy atom. The summed E-state index contributed by atoms with van der Waals surface area (Å²) in [4.78, 5) is 4.38. The third-order valence-electron chi connectivity index (χ3n) is 3.28. The summed E-state index contributed by atoms with van der Waals surface area (Å²) in [5.74, 6) is 1.86. The largest absolute Gasteiger partial charge is 0.460 e. The minimum atomic E-state index is 0.777. The van der Waals surface area contributed by atoms with Gasteiger partial charge in [0.1, 0.15) is 11.5 Å². The Hall–Kier alpha value is -2.13. The van der Waals surface area contributed by atoms with E-state index in [9.17, 15) is 0 Å². The monoisotopic (exact) mass is 266 g/mol. The van der Waals surface area contributed by atoms with Crippen LogP contribution in [0, 0.1) is 0 Å². The van der Waals surface area contributed by atoms with E-state index in [0.29, 0.717) is 0 Å². The van der Waals surface area contributed by atoms with E-state index in [1.807, 2.05) is 24.4 Å². The Bertz CT molecular complexity index is 703. The van der Waals surface area contributed by atoms with Crippen molar-refractivity contribution in [1.29, 1.82) is 0 Å². The molecule has 3 rings (SSSR count). The fourth-order valence-corrected chi connectivity index (χ4v) is 2.24. The van der Waals surface area contributed by atoms with E-state index in [1.54, 1.807) is 0 Å². The van der Waals surface area contributed by atoms with Crippen LogP contribution >= 0.6 is 0 Å². The molecule has 0 bridgehead atoms. The average Bonchev–Trinajstić information content (AvgIpc) is 2.96. The number of rotatable bonds is 5. The van der Waals surface area contributed by atoms with Gasteiger partial charge < -0.3 is 9.73 Å². The second kappa shape index (κ2) is 5.88. The number of hydrogen-bond donors (Lipinski definition) is 1. The summed E-state index contributed by atoms with van der Waals surface area (Å²) >= 11 is 0. The minimum absolute atomic E-state index is 0.777. The van der Waals surface area contributed by atoms with Crippen molar-refractivity contribution >= 4 is 10.9 Å². The van der Waals surface area contributed by atoms with Crippen LogP contribution in [0.2, 0.25) is 0 Å². The van der Waals surface area contributed by atoms with Crippen LogP contribution in [0.25, 0.3) is 22.2 Å². The lowest BCUT2D eigenvalue weighted by molar-refractivity contribution is 0.493. The summed E-state index contributed by atoms with van der Waals surface area (Å²) in [7, 11) is 0. The summed E-state index contributed by atoms with van der Waals surface area (Å²) in [6.07, 6.45) is 2.94. The maximum Gasteiger partial charge on any atom is 0.134 e. The molecule has 0 saturated carbocycles. The van der Waals surface area contributed by atoms with E-state index in [-0.39, 0.29) is 0 Å². The van der Waals surface area contributed by atoms with Crippen molar-refractivity contribution in [2.24, 2.45) is 0 Å². The number of fused-ring (bicyclic) bond motifs is 1. The number of nitrogens with zero attached hydrogens (tertiary/aromatic N) is 1. The first-order valence-corrected chi connectivity index (χ1v) is 7.01. The Morgan fingerprint density at radius 3 is 3.00 bits per heavy atom. The molecule has 0 fully saturated rings. The summed E-state index contributed by atoms with van der Waals surface area (Å²) < 4.78 is 5.87. The van der Waals surface area contributed by atoms with Gasteiger partial charge in [0.25, 0.3) is 0 Å². The molecular weight excluding hydrogens is 248 g/mol. The van der Waals surface area contributed by atoms with Crippen LogP contribution in [0.15, 0.2) is 53.1 Å². The highest BCUT2D eigenvalue weighted by molar-refractivity contribution is 5.83. The van der Waals surface area contributed by atoms with Crippen LogP contribution in [-0.4, -0.2) is 11.5 Å². The molecule has 0 saturated heterocycles. The third-order valence-corrected chi connectivity index (χ3v) is 3.28. The van der Waals surface area contributed by atoms with Crippen LogP contribution in [0.1, 0.15) is 19.1 Å². The van der Waals surface area contributed by atoms with Crippen LogP contribution in [0.4, 0.5) is 0 Å². The first kappa shape index (κ1) is 12.9. The Morgan fingerprint density at radius 1 is 1.15 bits per heavy atom. The number of benzene rings is 1. The Kier molecular flexibility index (Phi) is 3.79. The summed E-state index contributed by atoms with van der Waals surface area (Å²) in [6, 6.07) is 14.3. The molecule has 0 atom stereocenters. The summed E-state index contributed by atoms with van der Waals surface area (Å²) in [5.41, 5.74) is 2.06. The molecule has 0 unspecified atom stereocenters. The molecule has 0 aliphatic heterocycles. The first-order valence-electron chi connectivity index (χ1n) is 7.01. The lowest BCUT2D eigenvalue weighted by Gasteiger charge is -2.01. The van der Waals surface area contributed by atoms with Crippen LogP contribution in [-0.2, 0) is 6.54 Å². The van der Waals surface area contributed by atoms with Crippen LogP contribution < -0.4 is 5.32 Å². The maximum absolute atomic E-state index is 5.87. The van der Waals surface area contributed by atoms with Gasteiger partial charge in [0.15, 0.2) is 0 Å². The second-order valence-corrected chi connectivity index (χ2v) is 4.85. The lowest BCUT2D eigenvalue weighted by atomic mass is 10.1. The zero-order valence-corrected chi connectivity index (χ0v) is 11.6.